The van der Waals surface area contributed by atoms with Crippen LogP contribution in [0, 0.1) is 11.8 Å². The number of hydrogen-bond donors (Lipinski definition) is 1. The molecule has 19 heavy (non-hydrogen) atoms. The van der Waals surface area contributed by atoms with Gasteiger partial charge in [-0.25, -0.2) is 0 Å². The Balaban J connectivity index is 1.78. The second-order valence-electron chi connectivity index (χ2n) is 6.45. The van der Waals surface area contributed by atoms with Gasteiger partial charge in [-0.15, -0.1) is 0 Å². The Morgan fingerprint density at radius 2 is 2.00 bits per heavy atom. The Bertz CT molecular complexity index is 302. The fraction of sp³-hybridized carbons (Fsp3) is 0.933. The van der Waals surface area contributed by atoms with Crippen LogP contribution in [-0.4, -0.2) is 55.0 Å². The number of amides is 1. The molecule has 1 aliphatic heterocycles. The highest BCUT2D eigenvalue weighted by Gasteiger charge is 2.34. The van der Waals surface area contributed by atoms with Gasteiger partial charge in [0.05, 0.1) is 0 Å². The van der Waals surface area contributed by atoms with Crippen molar-refractivity contribution in [1.29, 1.82) is 0 Å². The second kappa shape index (κ2) is 6.71. The summed E-state index contributed by atoms with van der Waals surface area (Å²) in [6.07, 6.45) is 5.52. The Morgan fingerprint density at radius 1 is 1.37 bits per heavy atom. The van der Waals surface area contributed by atoms with E-state index in [1.807, 2.05) is 4.90 Å². The van der Waals surface area contributed by atoms with Gasteiger partial charge in [0.1, 0.15) is 0 Å². The molecule has 110 valence electrons. The maximum atomic E-state index is 12.3. The van der Waals surface area contributed by atoms with Crippen molar-refractivity contribution >= 4 is 5.91 Å². The molecule has 1 aliphatic carbocycles. The Morgan fingerprint density at radius 3 is 2.53 bits per heavy atom. The van der Waals surface area contributed by atoms with Gasteiger partial charge in [0, 0.05) is 38.6 Å². The molecule has 0 bridgehead atoms. The summed E-state index contributed by atoms with van der Waals surface area (Å²) in [6.45, 7) is 5.86. The van der Waals surface area contributed by atoms with Gasteiger partial charge >= 0.3 is 0 Å². The summed E-state index contributed by atoms with van der Waals surface area (Å²) in [6, 6.07) is 0.210. The highest BCUT2D eigenvalue weighted by molar-refractivity contribution is 5.76. The fourth-order valence-electron chi connectivity index (χ4n) is 3.07. The van der Waals surface area contributed by atoms with Crippen LogP contribution in [0.5, 0.6) is 0 Å². The van der Waals surface area contributed by atoms with Crippen LogP contribution in [0.1, 0.15) is 39.0 Å². The number of carbonyl (C=O) groups is 1. The van der Waals surface area contributed by atoms with E-state index in [-0.39, 0.29) is 6.04 Å². The Kier molecular flexibility index (Phi) is 5.22. The van der Waals surface area contributed by atoms with E-state index >= 15 is 0 Å². The summed E-state index contributed by atoms with van der Waals surface area (Å²) in [5, 5.41) is 0. The number of nitrogens with zero attached hydrogens (tertiary/aromatic N) is 2. The highest BCUT2D eigenvalue weighted by atomic mass is 16.2. The third-order valence-electron chi connectivity index (χ3n) is 4.81. The molecule has 4 heteroatoms. The molecule has 4 nitrogen and oxygen atoms in total. The van der Waals surface area contributed by atoms with Gasteiger partial charge in [-0.2, -0.15) is 0 Å². The average Bonchev–Trinajstić information content (AvgIpc) is 3.11. The predicted molar refractivity (Wildman–Crippen MR) is 77.8 cm³/mol. The molecule has 1 amide bonds. The van der Waals surface area contributed by atoms with Crippen LogP contribution in [0.15, 0.2) is 0 Å². The lowest BCUT2D eigenvalue weighted by Gasteiger charge is -2.31. The smallest absolute Gasteiger partial charge is 0.224 e. The van der Waals surface area contributed by atoms with Gasteiger partial charge < -0.3 is 15.5 Å². The van der Waals surface area contributed by atoms with Gasteiger partial charge in [0.2, 0.25) is 5.91 Å². The van der Waals surface area contributed by atoms with Gasteiger partial charge in [-0.3, -0.25) is 4.79 Å². The molecule has 0 spiro atoms. The van der Waals surface area contributed by atoms with Crippen LogP contribution in [0.3, 0.4) is 0 Å². The molecule has 1 heterocycles. The van der Waals surface area contributed by atoms with E-state index in [2.05, 4.69) is 18.9 Å². The number of rotatable bonds is 6. The minimum absolute atomic E-state index is 0.210. The summed E-state index contributed by atoms with van der Waals surface area (Å²) in [4.78, 5) is 16.6. The molecule has 3 atom stereocenters. The number of carbonyl (C=O) groups excluding carboxylic acids is 1. The Hall–Kier alpha value is -0.610. The molecule has 1 saturated heterocycles. The first kappa shape index (κ1) is 14.8. The van der Waals surface area contributed by atoms with Crippen LogP contribution in [0.4, 0.5) is 0 Å². The van der Waals surface area contributed by atoms with Crippen LogP contribution in [-0.2, 0) is 4.79 Å². The summed E-state index contributed by atoms with van der Waals surface area (Å²) in [5.74, 6) is 1.98. The molecule has 0 aromatic heterocycles. The van der Waals surface area contributed by atoms with Crippen molar-refractivity contribution in [1.82, 2.24) is 9.80 Å². The maximum Gasteiger partial charge on any atom is 0.224 e. The monoisotopic (exact) mass is 267 g/mol. The van der Waals surface area contributed by atoms with E-state index in [1.165, 1.54) is 12.8 Å². The quantitative estimate of drug-likeness (QED) is 0.789. The van der Waals surface area contributed by atoms with Crippen LogP contribution < -0.4 is 5.73 Å². The number of likely N-dealkylation sites (N-methyl/N-ethyl adjacent to an activating group) is 1. The zero-order valence-corrected chi connectivity index (χ0v) is 12.5. The molecule has 2 aliphatic rings. The summed E-state index contributed by atoms with van der Waals surface area (Å²) in [7, 11) is 2.12. The van der Waals surface area contributed by atoms with Crippen LogP contribution >= 0.6 is 0 Å². The van der Waals surface area contributed by atoms with E-state index in [0.717, 1.165) is 44.3 Å². The summed E-state index contributed by atoms with van der Waals surface area (Å²) < 4.78 is 0. The normalized spacial score (nSPS) is 28.5. The lowest BCUT2D eigenvalue weighted by molar-refractivity contribution is -0.133. The van der Waals surface area contributed by atoms with Crippen molar-refractivity contribution < 1.29 is 4.79 Å². The number of hydrogen-bond acceptors (Lipinski definition) is 3. The minimum atomic E-state index is 0.210. The second-order valence-corrected chi connectivity index (χ2v) is 6.45. The van der Waals surface area contributed by atoms with Gasteiger partial charge in [0.15, 0.2) is 0 Å². The Labute approximate surface area is 117 Å². The standard InChI is InChI=1S/C15H29N3O/c1-12-8-13(12)11-17(2)14(10-16)9-15(19)18-6-4-3-5-7-18/h12-14H,3-11,16H2,1-2H3. The van der Waals surface area contributed by atoms with E-state index in [9.17, 15) is 4.79 Å². The molecular formula is C15H29N3O. The molecule has 2 rings (SSSR count). The molecule has 2 N–H and O–H groups in total. The van der Waals surface area contributed by atoms with E-state index < -0.39 is 0 Å². The van der Waals surface area contributed by atoms with Crippen LogP contribution in [0.25, 0.3) is 0 Å². The summed E-state index contributed by atoms with van der Waals surface area (Å²) >= 11 is 0. The van der Waals surface area contributed by atoms with Crippen molar-refractivity contribution in [2.24, 2.45) is 17.6 Å². The highest BCUT2D eigenvalue weighted by Crippen LogP contribution is 2.38. The third kappa shape index (κ3) is 4.18. The molecule has 2 fully saturated rings. The van der Waals surface area contributed by atoms with Crippen LogP contribution in [0.2, 0.25) is 0 Å². The van der Waals surface area contributed by atoms with E-state index in [1.54, 1.807) is 0 Å². The largest absolute Gasteiger partial charge is 0.343 e. The lowest BCUT2D eigenvalue weighted by atomic mass is 10.1. The first-order chi connectivity index (χ1) is 9.11. The van der Waals surface area contributed by atoms with Gasteiger partial charge in [0.25, 0.3) is 0 Å². The lowest BCUT2D eigenvalue weighted by Crippen LogP contribution is -2.45. The topological polar surface area (TPSA) is 49.6 Å². The maximum absolute atomic E-state index is 12.3. The van der Waals surface area contributed by atoms with Crippen molar-refractivity contribution in [3.8, 4) is 0 Å². The van der Waals surface area contributed by atoms with Gasteiger partial charge in [-0.1, -0.05) is 6.92 Å². The first-order valence-electron chi connectivity index (χ1n) is 7.80. The molecule has 1 saturated carbocycles. The van der Waals surface area contributed by atoms with Crippen molar-refractivity contribution in [2.75, 3.05) is 33.2 Å². The third-order valence-corrected chi connectivity index (χ3v) is 4.81. The molecular weight excluding hydrogens is 238 g/mol. The first-order valence-corrected chi connectivity index (χ1v) is 7.80. The zero-order chi connectivity index (χ0) is 13.8. The minimum Gasteiger partial charge on any atom is -0.343 e. The molecule has 0 aromatic rings. The van der Waals surface area contributed by atoms with Crippen molar-refractivity contribution in [3.63, 3.8) is 0 Å². The SMILES string of the molecule is CC1CC1CN(C)C(CN)CC(=O)N1CCCCC1. The van der Waals surface area contributed by atoms with Gasteiger partial charge in [-0.05, 0) is 44.6 Å². The van der Waals surface area contributed by atoms with E-state index in [4.69, 9.17) is 5.73 Å². The number of nitrogens with two attached hydrogens (primary N) is 1. The zero-order valence-electron chi connectivity index (χ0n) is 12.5. The molecule has 0 radical (unpaired) electrons. The predicted octanol–water partition coefficient (Wildman–Crippen LogP) is 1.30. The average molecular weight is 267 g/mol. The summed E-state index contributed by atoms with van der Waals surface area (Å²) in [5.41, 5.74) is 5.87. The van der Waals surface area contributed by atoms with Crippen molar-refractivity contribution in [3.05, 3.63) is 0 Å². The molecule has 3 unspecified atom stereocenters. The molecule has 0 aromatic carbocycles. The number of likely N-dealkylation sites (tertiary alicyclic amines) is 1. The number of piperidine rings is 1. The van der Waals surface area contributed by atoms with Crippen molar-refractivity contribution in [2.45, 2.75) is 45.1 Å². The van der Waals surface area contributed by atoms with E-state index in [0.29, 0.717) is 18.9 Å². The fourth-order valence-corrected chi connectivity index (χ4v) is 3.07.